The molecule has 1 aromatic heterocycles. The molecule has 0 unspecified atom stereocenters. The van der Waals surface area contributed by atoms with Crippen molar-refractivity contribution in [2.45, 2.75) is 51.6 Å². The zero-order valence-electron chi connectivity index (χ0n) is 22.1. The lowest BCUT2D eigenvalue weighted by Gasteiger charge is -2.48. The fourth-order valence-corrected chi connectivity index (χ4v) is 5.15. The molecule has 38 heavy (non-hydrogen) atoms. The number of likely N-dealkylation sites (tertiary alicyclic amines) is 1. The number of aromatic nitrogens is 1. The van der Waals surface area contributed by atoms with Crippen LogP contribution in [0.3, 0.4) is 0 Å². The molecule has 3 aromatic rings. The summed E-state index contributed by atoms with van der Waals surface area (Å²) in [5, 5.41) is 14.0. The van der Waals surface area contributed by atoms with Crippen molar-refractivity contribution >= 4 is 17.3 Å². The van der Waals surface area contributed by atoms with Crippen molar-refractivity contribution in [1.82, 2.24) is 15.2 Å². The summed E-state index contributed by atoms with van der Waals surface area (Å²) >= 11 is 0. The molecule has 7 nitrogen and oxygen atoms in total. The van der Waals surface area contributed by atoms with Crippen molar-refractivity contribution in [1.29, 1.82) is 5.41 Å². The van der Waals surface area contributed by atoms with Crippen molar-refractivity contribution in [3.8, 4) is 22.8 Å². The summed E-state index contributed by atoms with van der Waals surface area (Å²) in [5.41, 5.74) is 3.97. The summed E-state index contributed by atoms with van der Waals surface area (Å²) in [4.78, 5) is 19.8. The van der Waals surface area contributed by atoms with Crippen molar-refractivity contribution in [2.24, 2.45) is 0 Å². The predicted molar refractivity (Wildman–Crippen MR) is 148 cm³/mol. The number of aryl methyl sites for hydroxylation is 1. The van der Waals surface area contributed by atoms with E-state index in [1.54, 1.807) is 32.3 Å². The lowest BCUT2D eigenvalue weighted by Crippen LogP contribution is -2.63. The number of hydrogen-bond acceptors (Lipinski definition) is 6. The van der Waals surface area contributed by atoms with Crippen LogP contribution in [-0.4, -0.2) is 53.7 Å². The van der Waals surface area contributed by atoms with Gasteiger partial charge in [0.25, 0.3) is 5.91 Å². The van der Waals surface area contributed by atoms with Gasteiger partial charge in [-0.05, 0) is 62.1 Å². The van der Waals surface area contributed by atoms with Gasteiger partial charge in [0.1, 0.15) is 17.3 Å². The van der Waals surface area contributed by atoms with Gasteiger partial charge in [-0.1, -0.05) is 13.3 Å². The Hall–Kier alpha value is -3.78. The number of nitrogens with zero attached hydrogens (tertiary/aromatic N) is 2. The highest BCUT2D eigenvalue weighted by atomic mass is 19.1. The number of carbonyl (C=O) groups excluding carboxylic acids is 1. The van der Waals surface area contributed by atoms with Crippen molar-refractivity contribution < 1.29 is 13.9 Å². The molecule has 3 N–H and O–H groups in total. The monoisotopic (exact) mass is 515 g/mol. The van der Waals surface area contributed by atoms with Crippen LogP contribution in [0.5, 0.6) is 11.5 Å². The van der Waals surface area contributed by atoms with Crippen molar-refractivity contribution in [2.75, 3.05) is 25.5 Å². The standard InChI is InChI=1S/C30H34FN5O2/c1-4-19-12-20(13-26(31)29(19)30(37)35-21-16-36(17-21)22-6-5-7-22)27-14-24(10-11-34-27)38-23-8-9-25(18(2)32)28(15-23)33-3/h8-15,21-22,32-33H,4-7,16-17H2,1-3H3,(H,35,37). The largest absolute Gasteiger partial charge is 0.457 e. The van der Waals surface area contributed by atoms with E-state index in [9.17, 15) is 4.79 Å². The van der Waals surface area contributed by atoms with Gasteiger partial charge in [-0.2, -0.15) is 0 Å². The molecule has 1 saturated carbocycles. The number of rotatable bonds is 9. The Morgan fingerprint density at radius 3 is 2.58 bits per heavy atom. The van der Waals surface area contributed by atoms with E-state index in [2.05, 4.69) is 20.5 Å². The normalized spacial score (nSPS) is 15.9. The van der Waals surface area contributed by atoms with Crippen LogP contribution in [0.1, 0.15) is 54.6 Å². The minimum atomic E-state index is -0.545. The number of ether oxygens (including phenoxy) is 1. The Morgan fingerprint density at radius 1 is 1.16 bits per heavy atom. The van der Waals surface area contributed by atoms with Crippen molar-refractivity contribution in [3.63, 3.8) is 0 Å². The van der Waals surface area contributed by atoms with E-state index in [0.717, 1.165) is 24.3 Å². The molecule has 1 aliphatic heterocycles. The maximum Gasteiger partial charge on any atom is 0.254 e. The summed E-state index contributed by atoms with van der Waals surface area (Å²) in [6, 6.07) is 12.9. The smallest absolute Gasteiger partial charge is 0.254 e. The van der Waals surface area contributed by atoms with E-state index in [1.807, 2.05) is 31.2 Å². The van der Waals surface area contributed by atoms with Gasteiger partial charge >= 0.3 is 0 Å². The van der Waals surface area contributed by atoms with Crippen LogP contribution in [0.15, 0.2) is 48.7 Å². The highest BCUT2D eigenvalue weighted by Crippen LogP contribution is 2.32. The number of anilines is 1. The second kappa shape index (κ2) is 10.9. The van der Waals surface area contributed by atoms with Crippen LogP contribution in [0.2, 0.25) is 0 Å². The molecule has 0 bridgehead atoms. The second-order valence-corrected chi connectivity index (χ2v) is 10.1. The lowest BCUT2D eigenvalue weighted by atomic mass is 9.88. The Bertz CT molecular complexity index is 1360. The average molecular weight is 516 g/mol. The molecular weight excluding hydrogens is 481 g/mol. The number of pyridine rings is 1. The Balaban J connectivity index is 1.32. The Morgan fingerprint density at radius 2 is 1.92 bits per heavy atom. The topological polar surface area (TPSA) is 90.3 Å². The molecule has 198 valence electrons. The van der Waals surface area contributed by atoms with E-state index in [4.69, 9.17) is 10.1 Å². The molecule has 2 aliphatic rings. The third kappa shape index (κ3) is 5.27. The molecule has 0 spiro atoms. The third-order valence-electron chi connectivity index (χ3n) is 7.54. The van der Waals surface area contributed by atoms with Gasteiger partial charge in [-0.25, -0.2) is 4.39 Å². The zero-order chi connectivity index (χ0) is 26.8. The number of carbonyl (C=O) groups is 1. The predicted octanol–water partition coefficient (Wildman–Crippen LogP) is 5.64. The van der Waals surface area contributed by atoms with Crippen LogP contribution in [0.4, 0.5) is 10.1 Å². The van der Waals surface area contributed by atoms with E-state index in [1.165, 1.54) is 25.3 Å². The maximum atomic E-state index is 15.4. The van der Waals surface area contributed by atoms with Gasteiger partial charge in [0, 0.05) is 67.0 Å². The first-order chi connectivity index (χ1) is 18.4. The minimum Gasteiger partial charge on any atom is -0.457 e. The van der Waals surface area contributed by atoms with Crippen LogP contribution in [-0.2, 0) is 6.42 Å². The quantitative estimate of drug-likeness (QED) is 0.321. The van der Waals surface area contributed by atoms with Gasteiger partial charge in [-0.3, -0.25) is 14.7 Å². The van der Waals surface area contributed by atoms with E-state index < -0.39 is 5.82 Å². The Kier molecular flexibility index (Phi) is 7.42. The highest BCUT2D eigenvalue weighted by molar-refractivity contribution is 6.01. The first-order valence-electron chi connectivity index (χ1n) is 13.2. The molecule has 8 heteroatoms. The van der Waals surface area contributed by atoms with Crippen molar-refractivity contribution in [3.05, 3.63) is 71.2 Å². The summed E-state index contributed by atoms with van der Waals surface area (Å²) in [5.74, 6) is 0.267. The summed E-state index contributed by atoms with van der Waals surface area (Å²) in [6.45, 7) is 5.34. The van der Waals surface area contributed by atoms with Gasteiger partial charge in [0.15, 0.2) is 0 Å². The number of halogens is 1. The fraction of sp³-hybridized carbons (Fsp3) is 0.367. The van der Waals surface area contributed by atoms with Gasteiger partial charge in [0.2, 0.25) is 0 Å². The number of nitrogens with one attached hydrogen (secondary N) is 3. The van der Waals surface area contributed by atoms with Gasteiger partial charge < -0.3 is 20.8 Å². The minimum absolute atomic E-state index is 0.0720. The molecule has 2 aromatic carbocycles. The molecule has 2 fully saturated rings. The van der Waals surface area contributed by atoms with E-state index in [-0.39, 0.29) is 17.5 Å². The van der Waals surface area contributed by atoms with Gasteiger partial charge in [-0.15, -0.1) is 0 Å². The average Bonchev–Trinajstić information content (AvgIpc) is 2.85. The second-order valence-electron chi connectivity index (χ2n) is 10.1. The lowest BCUT2D eigenvalue weighted by molar-refractivity contribution is 0.0345. The summed E-state index contributed by atoms with van der Waals surface area (Å²) in [7, 11) is 1.80. The maximum absolute atomic E-state index is 15.4. The Labute approximate surface area is 222 Å². The molecule has 1 saturated heterocycles. The number of benzene rings is 2. The molecule has 1 aliphatic carbocycles. The SMILES string of the molecule is CCc1cc(-c2cc(Oc3ccc(C(C)=N)c(NC)c3)ccn2)cc(F)c1C(=O)NC1CN(C2CCC2)C1. The third-order valence-corrected chi connectivity index (χ3v) is 7.54. The first-order valence-corrected chi connectivity index (χ1v) is 13.2. The number of hydrogen-bond donors (Lipinski definition) is 3. The number of amides is 1. The molecule has 5 rings (SSSR count). The molecule has 2 heterocycles. The molecule has 1 amide bonds. The van der Waals surface area contributed by atoms with Gasteiger partial charge in [0.05, 0.1) is 17.3 Å². The van der Waals surface area contributed by atoms with E-state index >= 15 is 4.39 Å². The van der Waals surface area contributed by atoms with Crippen LogP contribution in [0, 0.1) is 11.2 Å². The summed E-state index contributed by atoms with van der Waals surface area (Å²) < 4.78 is 21.4. The van der Waals surface area contributed by atoms with Crippen LogP contribution < -0.4 is 15.4 Å². The zero-order valence-corrected chi connectivity index (χ0v) is 22.1. The van der Waals surface area contributed by atoms with Crippen LogP contribution >= 0.6 is 0 Å². The molecule has 0 radical (unpaired) electrons. The first kappa shape index (κ1) is 25.9. The molecule has 0 atom stereocenters. The molecular formula is C30H34FN5O2. The van der Waals surface area contributed by atoms with Crippen LogP contribution in [0.25, 0.3) is 11.3 Å². The highest BCUT2D eigenvalue weighted by Gasteiger charge is 2.36. The van der Waals surface area contributed by atoms with E-state index in [0.29, 0.717) is 46.5 Å². The fourth-order valence-electron chi connectivity index (χ4n) is 5.15. The summed E-state index contributed by atoms with van der Waals surface area (Å²) in [6.07, 6.45) is 5.91.